The molecule has 1 aliphatic carbocycles. The molecule has 1 N–H and O–H groups in total. The molecule has 64 valence electrons. The molecule has 0 aliphatic heterocycles. The molecule has 0 atom stereocenters. The van der Waals surface area contributed by atoms with Gasteiger partial charge < -0.3 is 9.84 Å². The van der Waals surface area contributed by atoms with E-state index in [0.29, 0.717) is 12.8 Å². The van der Waals surface area contributed by atoms with E-state index in [1.54, 1.807) is 0 Å². The standard InChI is InChI=1S/C8H14O3/c1-2-3-11-7-4-6(5-7)8(9)10/h6-7H,2-5H2,1H3,(H,9,10). The van der Waals surface area contributed by atoms with E-state index in [1.807, 2.05) is 6.92 Å². The number of aliphatic carboxylic acids is 1. The van der Waals surface area contributed by atoms with Crippen LogP contribution in [0.4, 0.5) is 0 Å². The fourth-order valence-corrected chi connectivity index (χ4v) is 1.19. The summed E-state index contributed by atoms with van der Waals surface area (Å²) in [6, 6.07) is 0. The van der Waals surface area contributed by atoms with Crippen molar-refractivity contribution in [3.05, 3.63) is 0 Å². The van der Waals surface area contributed by atoms with E-state index in [1.165, 1.54) is 0 Å². The van der Waals surface area contributed by atoms with Gasteiger partial charge in [-0.1, -0.05) is 6.92 Å². The minimum absolute atomic E-state index is 0.142. The van der Waals surface area contributed by atoms with E-state index in [4.69, 9.17) is 9.84 Å². The average molecular weight is 158 g/mol. The van der Waals surface area contributed by atoms with Crippen LogP contribution >= 0.6 is 0 Å². The van der Waals surface area contributed by atoms with Gasteiger partial charge in [0, 0.05) is 6.61 Å². The number of carboxylic acids is 1. The highest BCUT2D eigenvalue weighted by atomic mass is 16.5. The summed E-state index contributed by atoms with van der Waals surface area (Å²) in [4.78, 5) is 10.3. The van der Waals surface area contributed by atoms with Gasteiger partial charge in [0.2, 0.25) is 0 Å². The molecule has 11 heavy (non-hydrogen) atoms. The minimum Gasteiger partial charge on any atom is -0.481 e. The summed E-state index contributed by atoms with van der Waals surface area (Å²) in [5, 5.41) is 8.52. The predicted molar refractivity (Wildman–Crippen MR) is 40.4 cm³/mol. The molecule has 0 saturated heterocycles. The maximum atomic E-state index is 10.3. The molecule has 1 aliphatic rings. The fourth-order valence-electron chi connectivity index (χ4n) is 1.19. The molecule has 3 heteroatoms. The van der Waals surface area contributed by atoms with E-state index in [0.717, 1.165) is 13.0 Å². The molecular weight excluding hydrogens is 144 g/mol. The molecule has 3 nitrogen and oxygen atoms in total. The summed E-state index contributed by atoms with van der Waals surface area (Å²) in [5.74, 6) is -0.821. The van der Waals surface area contributed by atoms with Crippen LogP contribution in [0.15, 0.2) is 0 Å². The minimum atomic E-state index is -0.679. The topological polar surface area (TPSA) is 46.5 Å². The largest absolute Gasteiger partial charge is 0.481 e. The highest BCUT2D eigenvalue weighted by Gasteiger charge is 2.34. The van der Waals surface area contributed by atoms with Crippen molar-refractivity contribution < 1.29 is 14.6 Å². The maximum absolute atomic E-state index is 10.3. The third-order valence-electron chi connectivity index (χ3n) is 2.00. The Morgan fingerprint density at radius 3 is 2.73 bits per heavy atom. The lowest BCUT2D eigenvalue weighted by molar-refractivity contribution is -0.151. The van der Waals surface area contributed by atoms with Crippen molar-refractivity contribution in [2.24, 2.45) is 5.92 Å². The van der Waals surface area contributed by atoms with Crippen LogP contribution in [0.3, 0.4) is 0 Å². The van der Waals surface area contributed by atoms with Crippen LogP contribution in [0.25, 0.3) is 0 Å². The van der Waals surface area contributed by atoms with Crippen molar-refractivity contribution in [3.63, 3.8) is 0 Å². The van der Waals surface area contributed by atoms with Crippen LogP contribution < -0.4 is 0 Å². The van der Waals surface area contributed by atoms with Crippen molar-refractivity contribution in [2.75, 3.05) is 6.61 Å². The Morgan fingerprint density at radius 2 is 2.27 bits per heavy atom. The maximum Gasteiger partial charge on any atom is 0.306 e. The van der Waals surface area contributed by atoms with E-state index in [2.05, 4.69) is 0 Å². The lowest BCUT2D eigenvalue weighted by Crippen LogP contribution is -2.36. The van der Waals surface area contributed by atoms with Crippen LogP contribution in [0, 0.1) is 5.92 Å². The van der Waals surface area contributed by atoms with Crippen LogP contribution in [0.1, 0.15) is 26.2 Å². The molecule has 0 spiro atoms. The Hall–Kier alpha value is -0.570. The Kier molecular flexibility index (Phi) is 2.88. The van der Waals surface area contributed by atoms with Gasteiger partial charge in [0.25, 0.3) is 0 Å². The molecule has 0 unspecified atom stereocenters. The molecule has 1 fully saturated rings. The fraction of sp³-hybridized carbons (Fsp3) is 0.875. The van der Waals surface area contributed by atoms with Crippen molar-refractivity contribution in [2.45, 2.75) is 32.3 Å². The summed E-state index contributed by atoms with van der Waals surface area (Å²) >= 11 is 0. The van der Waals surface area contributed by atoms with E-state index in [-0.39, 0.29) is 12.0 Å². The average Bonchev–Trinajstić information content (AvgIpc) is 1.84. The Morgan fingerprint density at radius 1 is 1.64 bits per heavy atom. The van der Waals surface area contributed by atoms with E-state index in [9.17, 15) is 4.79 Å². The second-order valence-corrected chi connectivity index (χ2v) is 3.00. The zero-order valence-electron chi connectivity index (χ0n) is 6.75. The lowest BCUT2D eigenvalue weighted by Gasteiger charge is -2.31. The van der Waals surface area contributed by atoms with Gasteiger partial charge in [-0.15, -0.1) is 0 Å². The summed E-state index contributed by atoms with van der Waals surface area (Å²) in [7, 11) is 0. The number of hydrogen-bond donors (Lipinski definition) is 1. The van der Waals surface area contributed by atoms with Gasteiger partial charge in [-0.2, -0.15) is 0 Å². The third-order valence-corrected chi connectivity index (χ3v) is 2.00. The lowest BCUT2D eigenvalue weighted by atomic mass is 9.82. The van der Waals surface area contributed by atoms with Crippen molar-refractivity contribution in [1.82, 2.24) is 0 Å². The summed E-state index contributed by atoms with van der Waals surface area (Å²) in [5.41, 5.74) is 0. The quantitative estimate of drug-likeness (QED) is 0.670. The molecule has 0 heterocycles. The first-order valence-corrected chi connectivity index (χ1v) is 4.08. The molecule has 0 aromatic rings. The normalized spacial score (nSPS) is 29.5. The second kappa shape index (κ2) is 3.72. The van der Waals surface area contributed by atoms with Gasteiger partial charge in [-0.3, -0.25) is 4.79 Å². The van der Waals surface area contributed by atoms with Crippen LogP contribution in [-0.4, -0.2) is 23.8 Å². The van der Waals surface area contributed by atoms with Gasteiger partial charge in [0.1, 0.15) is 0 Å². The van der Waals surface area contributed by atoms with E-state index < -0.39 is 5.97 Å². The van der Waals surface area contributed by atoms with Crippen molar-refractivity contribution in [1.29, 1.82) is 0 Å². The highest BCUT2D eigenvalue weighted by molar-refractivity contribution is 5.71. The SMILES string of the molecule is CCCOC1CC(C(=O)O)C1. The zero-order chi connectivity index (χ0) is 8.27. The second-order valence-electron chi connectivity index (χ2n) is 3.00. The number of rotatable bonds is 4. The number of ether oxygens (including phenoxy) is 1. The molecule has 0 amide bonds. The van der Waals surface area contributed by atoms with Crippen molar-refractivity contribution >= 4 is 5.97 Å². The van der Waals surface area contributed by atoms with Crippen molar-refractivity contribution in [3.8, 4) is 0 Å². The highest BCUT2D eigenvalue weighted by Crippen LogP contribution is 2.29. The van der Waals surface area contributed by atoms with Gasteiger partial charge >= 0.3 is 5.97 Å². The Bertz CT molecular complexity index is 138. The molecule has 0 aromatic carbocycles. The first-order chi connectivity index (χ1) is 5.24. The monoisotopic (exact) mass is 158 g/mol. The molecule has 1 saturated carbocycles. The van der Waals surface area contributed by atoms with E-state index >= 15 is 0 Å². The Balaban J connectivity index is 2.05. The summed E-state index contributed by atoms with van der Waals surface area (Å²) in [6.45, 7) is 2.81. The molecule has 1 rings (SSSR count). The van der Waals surface area contributed by atoms with Crippen LogP contribution in [0.2, 0.25) is 0 Å². The third kappa shape index (κ3) is 2.19. The summed E-state index contributed by atoms with van der Waals surface area (Å²) < 4.78 is 5.34. The van der Waals surface area contributed by atoms with Gasteiger partial charge in [-0.05, 0) is 19.3 Å². The predicted octanol–water partition coefficient (Wildman–Crippen LogP) is 1.28. The van der Waals surface area contributed by atoms with Gasteiger partial charge in [-0.25, -0.2) is 0 Å². The van der Waals surface area contributed by atoms with Gasteiger partial charge in [0.05, 0.1) is 12.0 Å². The molecule has 0 aromatic heterocycles. The van der Waals surface area contributed by atoms with Gasteiger partial charge in [0.15, 0.2) is 0 Å². The molecule has 0 bridgehead atoms. The number of carboxylic acid groups (broad SMARTS) is 1. The zero-order valence-corrected chi connectivity index (χ0v) is 6.75. The number of carbonyl (C=O) groups is 1. The smallest absolute Gasteiger partial charge is 0.306 e. The van der Waals surface area contributed by atoms with Crippen LogP contribution in [0.5, 0.6) is 0 Å². The summed E-state index contributed by atoms with van der Waals surface area (Å²) in [6.07, 6.45) is 2.63. The Labute approximate surface area is 66.4 Å². The first kappa shape index (κ1) is 8.53. The molecular formula is C8H14O3. The van der Waals surface area contributed by atoms with Crippen LogP contribution in [-0.2, 0) is 9.53 Å². The first-order valence-electron chi connectivity index (χ1n) is 4.08. The number of hydrogen-bond acceptors (Lipinski definition) is 2. The molecule has 0 radical (unpaired) electrons.